The predicted molar refractivity (Wildman–Crippen MR) is 91.2 cm³/mol. The van der Waals surface area contributed by atoms with Gasteiger partial charge in [-0.2, -0.15) is 0 Å². The first kappa shape index (κ1) is 14.6. The van der Waals surface area contributed by atoms with Crippen molar-refractivity contribution in [2.75, 3.05) is 0 Å². The molecule has 0 atom stereocenters. The lowest BCUT2D eigenvalue weighted by atomic mass is 10.2. The maximum Gasteiger partial charge on any atom is 0.295 e. The summed E-state index contributed by atoms with van der Waals surface area (Å²) >= 11 is 0. The summed E-state index contributed by atoms with van der Waals surface area (Å²) < 4.78 is 12.1. The molecule has 3 heteroatoms. The van der Waals surface area contributed by atoms with Crippen molar-refractivity contribution in [1.29, 1.82) is 0 Å². The van der Waals surface area contributed by atoms with Crippen LogP contribution in [0.3, 0.4) is 0 Å². The lowest BCUT2D eigenvalue weighted by molar-refractivity contribution is 0.488. The van der Waals surface area contributed by atoms with E-state index in [4.69, 9.17) is 9.05 Å². The number of hydrogen-bond acceptors (Lipinski definition) is 2. The third-order valence-corrected chi connectivity index (χ3v) is 4.51. The molecule has 3 rings (SSSR count). The minimum absolute atomic E-state index is 0.750. The second-order valence-corrected chi connectivity index (χ2v) is 6.13. The van der Waals surface area contributed by atoms with Gasteiger partial charge >= 0.3 is 0 Å². The third-order valence-electron chi connectivity index (χ3n) is 3.06. The maximum absolute atomic E-state index is 6.06. The first-order valence-corrected chi connectivity index (χ1v) is 8.54. The van der Waals surface area contributed by atoms with Crippen LogP contribution in [0.2, 0.25) is 0 Å². The van der Waals surface area contributed by atoms with E-state index >= 15 is 0 Å². The summed E-state index contributed by atoms with van der Waals surface area (Å²) in [5, 5.41) is 0. The topological polar surface area (TPSA) is 18.5 Å². The van der Waals surface area contributed by atoms with Crippen LogP contribution in [-0.2, 0) is 6.16 Å². The monoisotopic (exact) mass is 308 g/mol. The van der Waals surface area contributed by atoms with Crippen molar-refractivity contribution in [3.8, 4) is 11.5 Å². The lowest BCUT2D eigenvalue weighted by Crippen LogP contribution is -1.99. The number of rotatable bonds is 6. The summed E-state index contributed by atoms with van der Waals surface area (Å²) in [5.41, 5.74) is 1.21. The van der Waals surface area contributed by atoms with Gasteiger partial charge in [0, 0.05) is 0 Å². The zero-order valence-corrected chi connectivity index (χ0v) is 13.0. The molecular formula is C19H17O2P. The van der Waals surface area contributed by atoms with Gasteiger partial charge in [-0.25, -0.2) is 0 Å². The standard InChI is InChI=1S/C19H17O2P/c1-4-10-17(11-5-1)16-22(20-18-12-6-2-7-13-18)21-19-14-8-3-9-15-19/h1-15H,16H2. The third kappa shape index (κ3) is 4.34. The number of benzene rings is 3. The molecule has 0 aliphatic carbocycles. The van der Waals surface area contributed by atoms with Crippen molar-refractivity contribution in [3.05, 3.63) is 96.6 Å². The van der Waals surface area contributed by atoms with E-state index in [2.05, 4.69) is 12.1 Å². The highest BCUT2D eigenvalue weighted by Gasteiger charge is 2.15. The Morgan fingerprint density at radius 1 is 0.545 bits per heavy atom. The highest BCUT2D eigenvalue weighted by molar-refractivity contribution is 7.47. The molecule has 0 saturated carbocycles. The van der Waals surface area contributed by atoms with Gasteiger partial charge in [0.15, 0.2) is 0 Å². The Hall–Kier alpha value is -2.31. The second kappa shape index (κ2) is 7.63. The largest absolute Gasteiger partial charge is 0.438 e. The molecule has 110 valence electrons. The van der Waals surface area contributed by atoms with Gasteiger partial charge < -0.3 is 9.05 Å². The Kier molecular flexibility index (Phi) is 5.07. The van der Waals surface area contributed by atoms with Crippen LogP contribution in [0.15, 0.2) is 91.0 Å². The van der Waals surface area contributed by atoms with Crippen LogP contribution in [0.4, 0.5) is 0 Å². The number of hydrogen-bond donors (Lipinski definition) is 0. The lowest BCUT2D eigenvalue weighted by Gasteiger charge is -2.18. The molecule has 0 aromatic heterocycles. The summed E-state index contributed by atoms with van der Waals surface area (Å²) in [5.74, 6) is 1.67. The molecule has 3 aromatic rings. The highest BCUT2D eigenvalue weighted by Crippen LogP contribution is 2.43. The van der Waals surface area contributed by atoms with Gasteiger partial charge in [-0.05, 0) is 29.8 Å². The first-order valence-electron chi connectivity index (χ1n) is 7.18. The zero-order valence-electron chi connectivity index (χ0n) is 12.1. The van der Waals surface area contributed by atoms with Crippen molar-refractivity contribution in [2.24, 2.45) is 0 Å². The fraction of sp³-hybridized carbons (Fsp3) is 0.0526. The van der Waals surface area contributed by atoms with E-state index in [9.17, 15) is 0 Å². The van der Waals surface area contributed by atoms with E-state index in [0.29, 0.717) is 0 Å². The quantitative estimate of drug-likeness (QED) is 0.547. The molecule has 0 N–H and O–H groups in total. The molecule has 0 radical (unpaired) electrons. The zero-order chi connectivity index (χ0) is 15.0. The summed E-state index contributed by atoms with van der Waals surface area (Å²) in [6.45, 7) is 0. The molecule has 0 spiro atoms. The van der Waals surface area contributed by atoms with E-state index in [0.717, 1.165) is 17.7 Å². The summed E-state index contributed by atoms with van der Waals surface area (Å²) in [7, 11) is -1.09. The van der Waals surface area contributed by atoms with E-state index in [-0.39, 0.29) is 0 Å². The van der Waals surface area contributed by atoms with E-state index in [1.165, 1.54) is 5.56 Å². The Balaban J connectivity index is 1.75. The van der Waals surface area contributed by atoms with Crippen LogP contribution >= 0.6 is 8.38 Å². The van der Waals surface area contributed by atoms with Crippen LogP contribution < -0.4 is 9.05 Å². The van der Waals surface area contributed by atoms with Crippen LogP contribution in [0.25, 0.3) is 0 Å². The average Bonchev–Trinajstić information content (AvgIpc) is 2.57. The molecule has 0 amide bonds. The van der Waals surface area contributed by atoms with Gasteiger partial charge in [0.2, 0.25) is 0 Å². The molecule has 0 heterocycles. The Morgan fingerprint density at radius 2 is 0.955 bits per heavy atom. The SMILES string of the molecule is c1ccc(CP(Oc2ccccc2)Oc2ccccc2)cc1. The molecule has 22 heavy (non-hydrogen) atoms. The Bertz CT molecular complexity index is 573. The minimum atomic E-state index is -1.09. The molecule has 2 nitrogen and oxygen atoms in total. The second-order valence-electron chi connectivity index (χ2n) is 4.79. The minimum Gasteiger partial charge on any atom is -0.438 e. The molecule has 0 fully saturated rings. The molecule has 0 bridgehead atoms. The van der Waals surface area contributed by atoms with Gasteiger partial charge in [-0.3, -0.25) is 0 Å². The van der Waals surface area contributed by atoms with E-state index in [1.54, 1.807) is 0 Å². The fourth-order valence-electron chi connectivity index (χ4n) is 2.01. The first-order chi connectivity index (χ1) is 10.9. The molecule has 3 aromatic carbocycles. The van der Waals surface area contributed by atoms with Crippen molar-refractivity contribution >= 4 is 8.38 Å². The smallest absolute Gasteiger partial charge is 0.295 e. The Labute approximate surface area is 132 Å². The molecule has 0 unspecified atom stereocenters. The molecule has 0 saturated heterocycles. The van der Waals surface area contributed by atoms with Crippen molar-refractivity contribution in [2.45, 2.75) is 6.16 Å². The maximum atomic E-state index is 6.06. The fourth-order valence-corrected chi connectivity index (χ4v) is 3.40. The van der Waals surface area contributed by atoms with Crippen LogP contribution in [-0.4, -0.2) is 0 Å². The van der Waals surface area contributed by atoms with Gasteiger partial charge in [-0.1, -0.05) is 66.7 Å². The Morgan fingerprint density at radius 3 is 1.41 bits per heavy atom. The van der Waals surface area contributed by atoms with Gasteiger partial charge in [0.1, 0.15) is 11.5 Å². The molecular weight excluding hydrogens is 291 g/mol. The summed E-state index contributed by atoms with van der Waals surface area (Å²) in [4.78, 5) is 0. The van der Waals surface area contributed by atoms with Gasteiger partial charge in [-0.15, -0.1) is 0 Å². The normalized spacial score (nSPS) is 10.4. The van der Waals surface area contributed by atoms with E-state index < -0.39 is 8.38 Å². The summed E-state index contributed by atoms with van der Waals surface area (Å²) in [6.07, 6.45) is 0.750. The molecule has 0 aliphatic rings. The van der Waals surface area contributed by atoms with Gasteiger partial charge in [0.05, 0.1) is 6.16 Å². The molecule has 0 aliphatic heterocycles. The predicted octanol–water partition coefficient (Wildman–Crippen LogP) is 5.66. The van der Waals surface area contributed by atoms with Crippen LogP contribution in [0.1, 0.15) is 5.56 Å². The number of para-hydroxylation sites is 2. The van der Waals surface area contributed by atoms with Crippen LogP contribution in [0, 0.1) is 0 Å². The highest BCUT2D eigenvalue weighted by atomic mass is 31.2. The van der Waals surface area contributed by atoms with Crippen molar-refractivity contribution in [1.82, 2.24) is 0 Å². The van der Waals surface area contributed by atoms with E-state index in [1.807, 2.05) is 78.9 Å². The van der Waals surface area contributed by atoms with Crippen LogP contribution in [0.5, 0.6) is 11.5 Å². The average molecular weight is 308 g/mol. The van der Waals surface area contributed by atoms with Gasteiger partial charge in [0.25, 0.3) is 8.38 Å². The van der Waals surface area contributed by atoms with Crippen molar-refractivity contribution < 1.29 is 9.05 Å². The van der Waals surface area contributed by atoms with Crippen molar-refractivity contribution in [3.63, 3.8) is 0 Å². The summed E-state index contributed by atoms with van der Waals surface area (Å²) in [6, 6.07) is 29.9.